The molecule has 0 bridgehead atoms. The smallest absolute Gasteiger partial charge is 0.0580 e. The van der Waals surface area contributed by atoms with E-state index >= 15 is 0 Å². The summed E-state index contributed by atoms with van der Waals surface area (Å²) in [7, 11) is 2.19. The molecule has 0 aromatic heterocycles. The third kappa shape index (κ3) is 4.29. The molecule has 2 atom stereocenters. The quantitative estimate of drug-likeness (QED) is 0.867. The molecule has 3 rings (SSSR count). The second kappa shape index (κ2) is 8.32. The first kappa shape index (κ1) is 17.7. The molecule has 2 aliphatic rings. The number of aliphatic hydroxyl groups excluding tert-OH is 1. The Morgan fingerprint density at radius 1 is 1.12 bits per heavy atom. The molecule has 2 fully saturated rings. The molecule has 1 aromatic rings. The molecule has 0 radical (unpaired) electrons. The van der Waals surface area contributed by atoms with E-state index in [-0.39, 0.29) is 6.10 Å². The number of benzene rings is 1. The van der Waals surface area contributed by atoms with Gasteiger partial charge in [-0.1, -0.05) is 31.5 Å². The van der Waals surface area contributed by atoms with Crippen molar-refractivity contribution in [1.82, 2.24) is 9.80 Å². The first-order chi connectivity index (χ1) is 11.7. The number of anilines is 1. The van der Waals surface area contributed by atoms with Crippen LogP contribution in [0.4, 0.5) is 5.69 Å². The molecule has 0 amide bonds. The van der Waals surface area contributed by atoms with Crippen molar-refractivity contribution in [2.75, 3.05) is 51.2 Å². The molecule has 1 saturated carbocycles. The van der Waals surface area contributed by atoms with Crippen molar-refractivity contribution in [2.45, 2.75) is 38.8 Å². The van der Waals surface area contributed by atoms with Gasteiger partial charge in [0.15, 0.2) is 0 Å². The van der Waals surface area contributed by atoms with Crippen LogP contribution in [0, 0.1) is 5.92 Å². The molecule has 2 unspecified atom stereocenters. The van der Waals surface area contributed by atoms with Gasteiger partial charge in [-0.2, -0.15) is 0 Å². The van der Waals surface area contributed by atoms with Crippen LogP contribution in [0.3, 0.4) is 0 Å². The summed E-state index contributed by atoms with van der Waals surface area (Å²) >= 11 is 0. The lowest BCUT2D eigenvalue weighted by Crippen LogP contribution is -2.46. The third-order valence-corrected chi connectivity index (χ3v) is 5.76. The molecular weight excluding hydrogens is 298 g/mol. The van der Waals surface area contributed by atoms with E-state index in [1.807, 2.05) is 0 Å². The Kier molecular flexibility index (Phi) is 6.14. The van der Waals surface area contributed by atoms with Crippen molar-refractivity contribution in [1.29, 1.82) is 0 Å². The van der Waals surface area contributed by atoms with Gasteiger partial charge in [0.2, 0.25) is 0 Å². The van der Waals surface area contributed by atoms with Gasteiger partial charge in [-0.25, -0.2) is 0 Å². The third-order valence-electron chi connectivity index (χ3n) is 5.76. The Morgan fingerprint density at radius 2 is 1.88 bits per heavy atom. The fraction of sp³-hybridized carbons (Fsp3) is 0.700. The van der Waals surface area contributed by atoms with Crippen molar-refractivity contribution >= 4 is 5.69 Å². The van der Waals surface area contributed by atoms with E-state index in [2.05, 4.69) is 52.9 Å². The largest absolute Gasteiger partial charge is 0.393 e. The Labute approximate surface area is 147 Å². The summed E-state index contributed by atoms with van der Waals surface area (Å²) in [5.74, 6) is 0.454. The van der Waals surface area contributed by atoms with Crippen LogP contribution in [-0.2, 0) is 6.54 Å². The SMILES string of the molecule is CCN1CCN(c2ccccc2CN(C)CC2CCCC2O)CC1. The van der Waals surface area contributed by atoms with Crippen LogP contribution in [-0.4, -0.2) is 67.3 Å². The van der Waals surface area contributed by atoms with Gasteiger partial charge in [0.1, 0.15) is 0 Å². The van der Waals surface area contributed by atoms with E-state index in [0.717, 1.165) is 52.2 Å². The lowest BCUT2D eigenvalue weighted by molar-refractivity contribution is 0.108. The van der Waals surface area contributed by atoms with Gasteiger partial charge in [-0.15, -0.1) is 0 Å². The van der Waals surface area contributed by atoms with Gasteiger partial charge in [0.25, 0.3) is 0 Å². The van der Waals surface area contributed by atoms with Crippen LogP contribution in [0.1, 0.15) is 31.7 Å². The number of likely N-dealkylation sites (N-methyl/N-ethyl adjacent to an activating group) is 1. The van der Waals surface area contributed by atoms with Crippen molar-refractivity contribution in [3.63, 3.8) is 0 Å². The molecule has 134 valence electrons. The summed E-state index contributed by atoms with van der Waals surface area (Å²) in [5.41, 5.74) is 2.81. The van der Waals surface area contributed by atoms with Crippen LogP contribution in [0.25, 0.3) is 0 Å². The van der Waals surface area contributed by atoms with Crippen molar-refractivity contribution in [2.24, 2.45) is 5.92 Å². The highest BCUT2D eigenvalue weighted by atomic mass is 16.3. The van der Waals surface area contributed by atoms with E-state index < -0.39 is 0 Å². The average molecular weight is 332 g/mol. The van der Waals surface area contributed by atoms with Crippen molar-refractivity contribution < 1.29 is 5.11 Å². The summed E-state index contributed by atoms with van der Waals surface area (Å²) in [5, 5.41) is 10.1. The highest BCUT2D eigenvalue weighted by molar-refractivity contribution is 5.54. The highest BCUT2D eigenvalue weighted by Gasteiger charge is 2.26. The zero-order valence-corrected chi connectivity index (χ0v) is 15.3. The number of rotatable bonds is 6. The monoisotopic (exact) mass is 331 g/mol. The van der Waals surface area contributed by atoms with Crippen LogP contribution < -0.4 is 4.90 Å². The van der Waals surface area contributed by atoms with Gasteiger partial charge < -0.3 is 19.8 Å². The number of para-hydroxylation sites is 1. The Morgan fingerprint density at radius 3 is 2.54 bits per heavy atom. The maximum atomic E-state index is 10.1. The van der Waals surface area contributed by atoms with Gasteiger partial charge in [0, 0.05) is 45.0 Å². The van der Waals surface area contributed by atoms with Crippen molar-refractivity contribution in [3.05, 3.63) is 29.8 Å². The van der Waals surface area contributed by atoms with Crippen LogP contribution >= 0.6 is 0 Å². The highest BCUT2D eigenvalue weighted by Crippen LogP contribution is 2.28. The molecule has 1 aromatic carbocycles. The zero-order valence-electron chi connectivity index (χ0n) is 15.3. The zero-order chi connectivity index (χ0) is 16.9. The Bertz CT molecular complexity index is 513. The summed E-state index contributed by atoms with van der Waals surface area (Å²) in [6.07, 6.45) is 3.24. The molecule has 4 nitrogen and oxygen atoms in total. The first-order valence-corrected chi connectivity index (χ1v) is 9.59. The molecule has 1 saturated heterocycles. The summed E-state index contributed by atoms with van der Waals surface area (Å²) < 4.78 is 0. The van der Waals surface area contributed by atoms with Crippen LogP contribution in [0.15, 0.2) is 24.3 Å². The molecule has 1 aliphatic carbocycles. The van der Waals surface area contributed by atoms with Gasteiger partial charge in [-0.3, -0.25) is 0 Å². The molecule has 1 aliphatic heterocycles. The fourth-order valence-electron chi connectivity index (χ4n) is 4.24. The predicted octanol–water partition coefficient (Wildman–Crippen LogP) is 2.42. The average Bonchev–Trinajstić information content (AvgIpc) is 3.00. The van der Waals surface area contributed by atoms with E-state index in [9.17, 15) is 5.11 Å². The minimum atomic E-state index is -0.0928. The predicted molar refractivity (Wildman–Crippen MR) is 100 cm³/mol. The van der Waals surface area contributed by atoms with Gasteiger partial charge >= 0.3 is 0 Å². The Hall–Kier alpha value is -1.10. The molecule has 0 spiro atoms. The van der Waals surface area contributed by atoms with Gasteiger partial charge in [-0.05, 0) is 44.0 Å². The molecule has 1 heterocycles. The maximum absolute atomic E-state index is 10.1. The molecule has 4 heteroatoms. The van der Waals surface area contributed by atoms with Crippen molar-refractivity contribution in [3.8, 4) is 0 Å². The molecular formula is C20H33N3O. The van der Waals surface area contributed by atoms with E-state index in [0.29, 0.717) is 5.92 Å². The summed E-state index contributed by atoms with van der Waals surface area (Å²) in [6.45, 7) is 9.93. The van der Waals surface area contributed by atoms with E-state index in [1.165, 1.54) is 24.1 Å². The van der Waals surface area contributed by atoms with E-state index in [1.54, 1.807) is 0 Å². The normalized spacial score (nSPS) is 25.6. The minimum Gasteiger partial charge on any atom is -0.393 e. The number of nitrogens with zero attached hydrogens (tertiary/aromatic N) is 3. The fourth-order valence-corrected chi connectivity index (χ4v) is 4.24. The number of hydrogen-bond donors (Lipinski definition) is 1. The topological polar surface area (TPSA) is 30.0 Å². The van der Waals surface area contributed by atoms with Crippen LogP contribution in [0.5, 0.6) is 0 Å². The lowest BCUT2D eigenvalue weighted by atomic mass is 10.0. The van der Waals surface area contributed by atoms with E-state index in [4.69, 9.17) is 0 Å². The number of piperazine rings is 1. The maximum Gasteiger partial charge on any atom is 0.0580 e. The second-order valence-electron chi connectivity index (χ2n) is 7.51. The summed E-state index contributed by atoms with van der Waals surface area (Å²) in [4.78, 5) is 7.45. The summed E-state index contributed by atoms with van der Waals surface area (Å²) in [6, 6.07) is 8.85. The van der Waals surface area contributed by atoms with Crippen LogP contribution in [0.2, 0.25) is 0 Å². The number of hydrogen-bond acceptors (Lipinski definition) is 4. The standard InChI is InChI=1S/C20H33N3O/c1-3-22-11-13-23(14-12-22)19-9-5-4-7-17(19)15-21(2)16-18-8-6-10-20(18)24/h4-5,7,9,18,20,24H,3,6,8,10-16H2,1-2H3. The second-order valence-corrected chi connectivity index (χ2v) is 7.51. The number of aliphatic hydroxyl groups is 1. The minimum absolute atomic E-state index is 0.0928. The molecule has 24 heavy (non-hydrogen) atoms. The lowest BCUT2D eigenvalue weighted by Gasteiger charge is -2.37. The Balaban J connectivity index is 1.61. The first-order valence-electron chi connectivity index (χ1n) is 9.59. The molecule has 1 N–H and O–H groups in total. The van der Waals surface area contributed by atoms with Gasteiger partial charge in [0.05, 0.1) is 6.10 Å².